The molecule has 0 radical (unpaired) electrons. The number of hydrogen-bond donors (Lipinski definition) is 1. The summed E-state index contributed by atoms with van der Waals surface area (Å²) >= 11 is 0. The molecule has 4 nitrogen and oxygen atoms in total. The van der Waals surface area contributed by atoms with Crippen molar-refractivity contribution in [2.45, 2.75) is 26.7 Å². The largest absolute Gasteiger partial charge is 0.399 e. The van der Waals surface area contributed by atoms with E-state index in [1.165, 1.54) is 5.56 Å². The number of rotatable bonds is 4. The Hall–Kier alpha value is -2.62. The molecule has 2 aromatic carbocycles. The number of hydrogen-bond acceptors (Lipinski definition) is 3. The Balaban J connectivity index is 1.91. The van der Waals surface area contributed by atoms with E-state index in [1.807, 2.05) is 31.3 Å². The van der Waals surface area contributed by atoms with Gasteiger partial charge in [0, 0.05) is 11.3 Å². The van der Waals surface area contributed by atoms with E-state index >= 15 is 0 Å². The van der Waals surface area contributed by atoms with Crippen LogP contribution in [0.3, 0.4) is 0 Å². The van der Waals surface area contributed by atoms with Crippen LogP contribution in [0.15, 0.2) is 48.7 Å². The van der Waals surface area contributed by atoms with Crippen molar-refractivity contribution in [2.75, 3.05) is 5.73 Å². The van der Waals surface area contributed by atoms with Crippen LogP contribution in [0.2, 0.25) is 0 Å². The van der Waals surface area contributed by atoms with Crippen LogP contribution in [-0.2, 0) is 6.42 Å². The molecule has 2 N–H and O–H groups in total. The van der Waals surface area contributed by atoms with Gasteiger partial charge in [0.15, 0.2) is 0 Å². The fraction of sp³-hybridized carbons (Fsp3) is 0.222. The smallest absolute Gasteiger partial charge is 0.113 e. The topological polar surface area (TPSA) is 56.7 Å². The first-order valence-electron chi connectivity index (χ1n) is 7.55. The number of nitrogen functional groups attached to an aromatic ring is 1. The molecule has 4 heteroatoms. The zero-order valence-electron chi connectivity index (χ0n) is 13.0. The second-order valence-electron chi connectivity index (χ2n) is 5.54. The minimum absolute atomic E-state index is 0.724. The van der Waals surface area contributed by atoms with Gasteiger partial charge < -0.3 is 5.73 Å². The Bertz CT molecular complexity index is 772. The minimum atomic E-state index is 0.724. The second-order valence-corrected chi connectivity index (χ2v) is 5.54. The van der Waals surface area contributed by atoms with Crippen molar-refractivity contribution in [1.82, 2.24) is 15.0 Å². The number of benzene rings is 2. The van der Waals surface area contributed by atoms with Gasteiger partial charge in [-0.2, -0.15) is 0 Å². The molecule has 0 atom stereocenters. The lowest BCUT2D eigenvalue weighted by molar-refractivity contribution is 0.799. The molecule has 3 aromatic rings. The lowest BCUT2D eigenvalue weighted by Crippen LogP contribution is -1.99. The van der Waals surface area contributed by atoms with Crippen LogP contribution in [0.25, 0.3) is 16.9 Å². The van der Waals surface area contributed by atoms with Crippen molar-refractivity contribution in [3.05, 3.63) is 59.8 Å². The van der Waals surface area contributed by atoms with Gasteiger partial charge in [0.2, 0.25) is 0 Å². The lowest BCUT2D eigenvalue weighted by atomic mass is 10.1. The quantitative estimate of drug-likeness (QED) is 0.745. The molecular formula is C18H20N4. The maximum absolute atomic E-state index is 5.87. The number of anilines is 1. The Morgan fingerprint density at radius 2 is 1.86 bits per heavy atom. The maximum atomic E-state index is 5.87. The lowest BCUT2D eigenvalue weighted by Gasteiger charge is -2.05. The van der Waals surface area contributed by atoms with E-state index in [-0.39, 0.29) is 0 Å². The first kappa shape index (κ1) is 14.3. The average molecular weight is 292 g/mol. The monoisotopic (exact) mass is 292 g/mol. The molecule has 0 amide bonds. The third-order valence-electron chi connectivity index (χ3n) is 3.76. The summed E-state index contributed by atoms with van der Waals surface area (Å²) in [5, 5.41) is 8.52. The van der Waals surface area contributed by atoms with Gasteiger partial charge in [0.25, 0.3) is 0 Å². The molecule has 0 spiro atoms. The molecule has 0 aliphatic carbocycles. The highest BCUT2D eigenvalue weighted by atomic mass is 15.4. The van der Waals surface area contributed by atoms with Gasteiger partial charge in [-0.1, -0.05) is 48.9 Å². The summed E-state index contributed by atoms with van der Waals surface area (Å²) in [5.41, 5.74) is 12.0. The summed E-state index contributed by atoms with van der Waals surface area (Å²) in [7, 11) is 0. The number of nitrogens with two attached hydrogens (primary N) is 1. The summed E-state index contributed by atoms with van der Waals surface area (Å²) in [6, 6.07) is 14.3. The van der Waals surface area contributed by atoms with E-state index < -0.39 is 0 Å². The SMILES string of the molecule is CCCc1ccc(-c2cn(-c3cc(N)ccc3C)nn2)cc1. The predicted octanol–water partition coefficient (Wildman–Crippen LogP) is 3.78. The van der Waals surface area contributed by atoms with Crippen LogP contribution in [-0.4, -0.2) is 15.0 Å². The molecule has 22 heavy (non-hydrogen) atoms. The van der Waals surface area contributed by atoms with E-state index in [4.69, 9.17) is 5.73 Å². The van der Waals surface area contributed by atoms with E-state index in [2.05, 4.69) is 41.5 Å². The van der Waals surface area contributed by atoms with Gasteiger partial charge in [-0.15, -0.1) is 5.10 Å². The zero-order chi connectivity index (χ0) is 15.5. The predicted molar refractivity (Wildman–Crippen MR) is 89.9 cm³/mol. The Morgan fingerprint density at radius 1 is 1.09 bits per heavy atom. The molecule has 0 aliphatic rings. The van der Waals surface area contributed by atoms with Crippen LogP contribution in [0.1, 0.15) is 24.5 Å². The normalized spacial score (nSPS) is 10.8. The van der Waals surface area contributed by atoms with E-state index in [0.717, 1.165) is 41.0 Å². The van der Waals surface area contributed by atoms with Crippen molar-refractivity contribution >= 4 is 5.69 Å². The maximum Gasteiger partial charge on any atom is 0.113 e. The molecule has 0 aliphatic heterocycles. The first-order valence-corrected chi connectivity index (χ1v) is 7.55. The number of nitrogens with zero attached hydrogens (tertiary/aromatic N) is 3. The highest BCUT2D eigenvalue weighted by Gasteiger charge is 2.08. The molecule has 112 valence electrons. The molecule has 0 fully saturated rings. The van der Waals surface area contributed by atoms with Crippen LogP contribution in [0.4, 0.5) is 5.69 Å². The fourth-order valence-electron chi connectivity index (χ4n) is 2.52. The van der Waals surface area contributed by atoms with Gasteiger partial charge in [-0.05, 0) is 36.6 Å². The Labute approximate surface area is 130 Å². The van der Waals surface area contributed by atoms with Gasteiger partial charge >= 0.3 is 0 Å². The summed E-state index contributed by atoms with van der Waals surface area (Å²) in [4.78, 5) is 0. The van der Waals surface area contributed by atoms with E-state index in [1.54, 1.807) is 4.68 Å². The van der Waals surface area contributed by atoms with Crippen LogP contribution >= 0.6 is 0 Å². The second kappa shape index (κ2) is 6.02. The zero-order valence-corrected chi connectivity index (χ0v) is 13.0. The summed E-state index contributed by atoms with van der Waals surface area (Å²) in [6.07, 6.45) is 4.20. The van der Waals surface area contributed by atoms with Crippen molar-refractivity contribution in [3.63, 3.8) is 0 Å². The summed E-state index contributed by atoms with van der Waals surface area (Å²) in [5.74, 6) is 0. The van der Waals surface area contributed by atoms with Crippen LogP contribution < -0.4 is 5.73 Å². The van der Waals surface area contributed by atoms with Gasteiger partial charge in [0.1, 0.15) is 5.69 Å². The molecule has 0 unspecified atom stereocenters. The van der Waals surface area contributed by atoms with Crippen molar-refractivity contribution in [3.8, 4) is 16.9 Å². The molecule has 0 bridgehead atoms. The fourth-order valence-corrected chi connectivity index (χ4v) is 2.52. The third kappa shape index (κ3) is 2.86. The third-order valence-corrected chi connectivity index (χ3v) is 3.76. The molecule has 3 rings (SSSR count). The first-order chi connectivity index (χ1) is 10.7. The molecular weight excluding hydrogens is 272 g/mol. The van der Waals surface area contributed by atoms with Crippen molar-refractivity contribution in [2.24, 2.45) is 0 Å². The van der Waals surface area contributed by atoms with Crippen LogP contribution in [0.5, 0.6) is 0 Å². The van der Waals surface area contributed by atoms with Gasteiger partial charge in [-0.3, -0.25) is 0 Å². The molecule has 1 heterocycles. The molecule has 1 aromatic heterocycles. The summed E-state index contributed by atoms with van der Waals surface area (Å²) in [6.45, 7) is 4.23. The van der Waals surface area contributed by atoms with Gasteiger partial charge in [-0.25, -0.2) is 4.68 Å². The van der Waals surface area contributed by atoms with Gasteiger partial charge in [0.05, 0.1) is 11.9 Å². The standard InChI is InChI=1S/C18H20N4/c1-3-4-14-6-8-15(9-7-14)17-12-22(21-20-17)18-11-16(19)10-5-13(18)2/h5-12H,3-4,19H2,1-2H3. The van der Waals surface area contributed by atoms with E-state index in [9.17, 15) is 0 Å². The molecule has 0 saturated heterocycles. The Kier molecular flexibility index (Phi) is 3.92. The highest BCUT2D eigenvalue weighted by Crippen LogP contribution is 2.21. The number of aromatic nitrogens is 3. The molecule has 0 saturated carbocycles. The average Bonchev–Trinajstić information content (AvgIpc) is 3.00. The van der Waals surface area contributed by atoms with Crippen LogP contribution in [0, 0.1) is 6.92 Å². The number of aryl methyl sites for hydroxylation is 2. The minimum Gasteiger partial charge on any atom is -0.399 e. The highest BCUT2D eigenvalue weighted by molar-refractivity contribution is 5.59. The van der Waals surface area contributed by atoms with Crippen molar-refractivity contribution in [1.29, 1.82) is 0 Å². The van der Waals surface area contributed by atoms with E-state index in [0.29, 0.717) is 0 Å². The summed E-state index contributed by atoms with van der Waals surface area (Å²) < 4.78 is 1.78. The Morgan fingerprint density at radius 3 is 2.59 bits per heavy atom. The van der Waals surface area contributed by atoms with Crippen molar-refractivity contribution < 1.29 is 0 Å².